The molecule has 1 aromatic rings. The molecule has 106 valence electrons. The second-order valence-corrected chi connectivity index (χ2v) is 4.55. The number of aromatic nitrogens is 2. The van der Waals surface area contributed by atoms with Crippen LogP contribution in [0.15, 0.2) is 12.4 Å². The van der Waals surface area contributed by atoms with Crippen molar-refractivity contribution in [3.63, 3.8) is 0 Å². The molecule has 6 nitrogen and oxygen atoms in total. The van der Waals surface area contributed by atoms with Crippen LogP contribution < -0.4 is 10.6 Å². The van der Waals surface area contributed by atoms with Crippen molar-refractivity contribution in [1.82, 2.24) is 9.97 Å². The van der Waals surface area contributed by atoms with E-state index in [1.807, 2.05) is 0 Å². The first-order chi connectivity index (χ1) is 9.10. The van der Waals surface area contributed by atoms with Crippen LogP contribution in [0.25, 0.3) is 0 Å². The summed E-state index contributed by atoms with van der Waals surface area (Å²) in [5.74, 6) is 0.751. The smallest absolute Gasteiger partial charge is 0.147 e. The number of ether oxygens (including phenoxy) is 2. The molecular formula is C12H20N4O2S. The number of methoxy groups -OCH3 is 2. The minimum Gasteiger partial charge on any atom is -0.388 e. The van der Waals surface area contributed by atoms with E-state index in [0.717, 1.165) is 5.82 Å². The number of thiocarbonyl (C=S) groups is 1. The van der Waals surface area contributed by atoms with Gasteiger partial charge in [-0.1, -0.05) is 12.2 Å². The fourth-order valence-electron chi connectivity index (χ4n) is 1.68. The first kappa shape index (κ1) is 15.7. The quantitative estimate of drug-likeness (QED) is 0.701. The van der Waals surface area contributed by atoms with Crippen molar-refractivity contribution < 1.29 is 9.47 Å². The molecule has 0 aliphatic carbocycles. The van der Waals surface area contributed by atoms with Crippen molar-refractivity contribution in [1.29, 1.82) is 0 Å². The van der Waals surface area contributed by atoms with E-state index in [2.05, 4.69) is 21.8 Å². The van der Waals surface area contributed by atoms with Crippen LogP contribution in [0.5, 0.6) is 0 Å². The Morgan fingerprint density at radius 1 is 1.37 bits per heavy atom. The van der Waals surface area contributed by atoms with Crippen LogP contribution in [0.3, 0.4) is 0 Å². The molecule has 0 saturated heterocycles. The first-order valence-electron chi connectivity index (χ1n) is 5.96. The maximum atomic E-state index is 5.50. The van der Waals surface area contributed by atoms with Crippen LogP contribution in [0.4, 0.5) is 5.82 Å². The molecule has 2 N–H and O–H groups in total. The van der Waals surface area contributed by atoms with Gasteiger partial charge in [0.2, 0.25) is 0 Å². The fraction of sp³-hybridized carbons (Fsp3) is 0.583. The second kappa shape index (κ2) is 7.98. The van der Waals surface area contributed by atoms with Gasteiger partial charge in [0, 0.05) is 20.8 Å². The highest BCUT2D eigenvalue weighted by molar-refractivity contribution is 7.80. The van der Waals surface area contributed by atoms with Crippen molar-refractivity contribution in [2.45, 2.75) is 13.0 Å². The molecule has 0 spiro atoms. The van der Waals surface area contributed by atoms with Gasteiger partial charge in [0.05, 0.1) is 31.6 Å². The number of anilines is 1. The Labute approximate surface area is 118 Å². The zero-order valence-corrected chi connectivity index (χ0v) is 12.3. The van der Waals surface area contributed by atoms with Gasteiger partial charge in [-0.05, 0) is 6.92 Å². The van der Waals surface area contributed by atoms with E-state index in [9.17, 15) is 0 Å². The third-order valence-corrected chi connectivity index (χ3v) is 2.87. The Morgan fingerprint density at radius 2 is 2.11 bits per heavy atom. The number of hydrogen-bond acceptors (Lipinski definition) is 6. The van der Waals surface area contributed by atoms with E-state index in [1.165, 1.54) is 0 Å². The molecule has 0 aromatic carbocycles. The zero-order valence-electron chi connectivity index (χ0n) is 11.5. The fourth-order valence-corrected chi connectivity index (χ4v) is 1.78. The lowest BCUT2D eigenvalue weighted by molar-refractivity contribution is 0.170. The highest BCUT2D eigenvalue weighted by atomic mass is 32.1. The molecule has 0 aliphatic rings. The standard InChI is InChI=1S/C12H20N4O2S/c1-9(8-18-3)16(4-5-17-2)11-7-14-10(6-15-11)12(13)19/h6-7,9H,4-5,8H2,1-3H3,(H2,13,19). The Morgan fingerprint density at radius 3 is 2.58 bits per heavy atom. The maximum Gasteiger partial charge on any atom is 0.147 e. The molecule has 0 saturated carbocycles. The lowest BCUT2D eigenvalue weighted by Crippen LogP contribution is -2.39. The van der Waals surface area contributed by atoms with Crippen LogP contribution in [0, 0.1) is 0 Å². The molecule has 1 rings (SSSR count). The third kappa shape index (κ3) is 4.70. The topological polar surface area (TPSA) is 73.5 Å². The number of rotatable bonds is 8. The molecule has 0 bridgehead atoms. The largest absolute Gasteiger partial charge is 0.388 e. The summed E-state index contributed by atoms with van der Waals surface area (Å²) in [5, 5.41) is 0. The lowest BCUT2D eigenvalue weighted by Gasteiger charge is -2.29. The van der Waals surface area contributed by atoms with E-state index in [0.29, 0.717) is 25.5 Å². The molecule has 1 heterocycles. The van der Waals surface area contributed by atoms with Gasteiger partial charge in [0.15, 0.2) is 0 Å². The molecule has 0 amide bonds. The minimum absolute atomic E-state index is 0.171. The zero-order chi connectivity index (χ0) is 14.3. The molecule has 1 aromatic heterocycles. The average Bonchev–Trinajstić information content (AvgIpc) is 2.40. The molecule has 19 heavy (non-hydrogen) atoms. The van der Waals surface area contributed by atoms with Crippen LogP contribution in [-0.4, -0.2) is 55.0 Å². The summed E-state index contributed by atoms with van der Waals surface area (Å²) < 4.78 is 10.3. The number of nitrogens with zero attached hydrogens (tertiary/aromatic N) is 3. The summed E-state index contributed by atoms with van der Waals surface area (Å²) in [6, 6.07) is 0.171. The van der Waals surface area contributed by atoms with Crippen LogP contribution in [0.1, 0.15) is 12.6 Å². The molecule has 0 fully saturated rings. The van der Waals surface area contributed by atoms with Crippen molar-refractivity contribution in [3.8, 4) is 0 Å². The van der Waals surface area contributed by atoms with Crippen molar-refractivity contribution in [2.75, 3.05) is 38.9 Å². The molecule has 7 heteroatoms. The van der Waals surface area contributed by atoms with Crippen molar-refractivity contribution >= 4 is 23.0 Å². The molecular weight excluding hydrogens is 264 g/mol. The van der Waals surface area contributed by atoms with Gasteiger partial charge in [-0.15, -0.1) is 0 Å². The maximum absolute atomic E-state index is 5.50. The van der Waals surface area contributed by atoms with Gasteiger partial charge in [0.1, 0.15) is 16.5 Å². The van der Waals surface area contributed by atoms with E-state index in [-0.39, 0.29) is 11.0 Å². The van der Waals surface area contributed by atoms with Crippen LogP contribution >= 0.6 is 12.2 Å². The second-order valence-electron chi connectivity index (χ2n) is 4.11. The molecule has 1 unspecified atom stereocenters. The Balaban J connectivity index is 2.86. The van der Waals surface area contributed by atoms with Crippen LogP contribution in [-0.2, 0) is 9.47 Å². The Kier molecular flexibility index (Phi) is 6.61. The summed E-state index contributed by atoms with van der Waals surface area (Å²) in [4.78, 5) is 10.9. The average molecular weight is 284 g/mol. The van der Waals surface area contributed by atoms with Gasteiger partial charge < -0.3 is 20.1 Å². The highest BCUT2D eigenvalue weighted by Crippen LogP contribution is 2.13. The van der Waals surface area contributed by atoms with Crippen LogP contribution in [0.2, 0.25) is 0 Å². The Bertz CT molecular complexity index is 399. The van der Waals surface area contributed by atoms with E-state index in [4.69, 9.17) is 27.4 Å². The molecule has 1 atom stereocenters. The lowest BCUT2D eigenvalue weighted by atomic mass is 10.3. The normalized spacial score (nSPS) is 12.2. The van der Waals surface area contributed by atoms with Crippen molar-refractivity contribution in [3.05, 3.63) is 18.1 Å². The third-order valence-electron chi connectivity index (χ3n) is 2.66. The minimum atomic E-state index is 0.171. The van der Waals surface area contributed by atoms with Gasteiger partial charge in [-0.25, -0.2) is 9.97 Å². The Hall–Kier alpha value is -1.31. The van der Waals surface area contributed by atoms with Crippen molar-refractivity contribution in [2.24, 2.45) is 5.73 Å². The summed E-state index contributed by atoms with van der Waals surface area (Å²) in [6.45, 7) is 3.97. The molecule has 0 radical (unpaired) electrons. The van der Waals surface area contributed by atoms with E-state index in [1.54, 1.807) is 26.6 Å². The predicted octanol–water partition coefficient (Wildman–Crippen LogP) is 0.599. The summed E-state index contributed by atoms with van der Waals surface area (Å²) in [6.07, 6.45) is 3.24. The summed E-state index contributed by atoms with van der Waals surface area (Å²) >= 11 is 4.86. The van der Waals surface area contributed by atoms with E-state index >= 15 is 0 Å². The van der Waals surface area contributed by atoms with Gasteiger partial charge in [-0.2, -0.15) is 0 Å². The number of hydrogen-bond donors (Lipinski definition) is 1. The summed E-state index contributed by atoms with van der Waals surface area (Å²) in [7, 11) is 3.34. The first-order valence-corrected chi connectivity index (χ1v) is 6.37. The van der Waals surface area contributed by atoms with Gasteiger partial charge >= 0.3 is 0 Å². The monoisotopic (exact) mass is 284 g/mol. The number of nitrogens with two attached hydrogens (primary N) is 1. The predicted molar refractivity (Wildman–Crippen MR) is 78.5 cm³/mol. The molecule has 0 aliphatic heterocycles. The highest BCUT2D eigenvalue weighted by Gasteiger charge is 2.16. The van der Waals surface area contributed by atoms with Gasteiger partial charge in [-0.3, -0.25) is 0 Å². The van der Waals surface area contributed by atoms with Gasteiger partial charge in [0.25, 0.3) is 0 Å². The van der Waals surface area contributed by atoms with E-state index < -0.39 is 0 Å². The summed E-state index contributed by atoms with van der Waals surface area (Å²) in [5.41, 5.74) is 6.02. The SMILES string of the molecule is COCCN(c1cnc(C(N)=S)cn1)C(C)COC.